The molecule has 0 aliphatic rings. The third-order valence-corrected chi connectivity index (χ3v) is 5.53. The van der Waals surface area contributed by atoms with Gasteiger partial charge in [-0.15, -0.1) is 0 Å². The molecular weight excluding hydrogens is 446 g/mol. The van der Waals surface area contributed by atoms with Gasteiger partial charge in [0.05, 0.1) is 17.9 Å². The van der Waals surface area contributed by atoms with Crippen molar-refractivity contribution in [2.75, 3.05) is 11.9 Å². The molecule has 0 aliphatic heterocycles. The molecule has 174 valence electrons. The van der Waals surface area contributed by atoms with Crippen LogP contribution in [0.1, 0.15) is 17.3 Å². The molecule has 0 bridgehead atoms. The van der Waals surface area contributed by atoms with Gasteiger partial charge in [-0.05, 0) is 48.0 Å². The van der Waals surface area contributed by atoms with Crippen molar-refractivity contribution >= 4 is 33.9 Å². The number of esters is 1. The molecule has 0 fully saturated rings. The molecule has 0 aliphatic carbocycles. The number of benzene rings is 3. The maximum Gasteiger partial charge on any atom is 0.338 e. The van der Waals surface area contributed by atoms with Gasteiger partial charge < -0.3 is 10.1 Å². The lowest BCUT2D eigenvalue weighted by Gasteiger charge is -2.07. The van der Waals surface area contributed by atoms with Crippen LogP contribution in [0, 0.1) is 0 Å². The Hall–Kier alpha value is -4.79. The summed E-state index contributed by atoms with van der Waals surface area (Å²) in [5.41, 5.74) is 2.30. The van der Waals surface area contributed by atoms with E-state index in [2.05, 4.69) is 15.5 Å². The van der Waals surface area contributed by atoms with Crippen molar-refractivity contribution in [2.24, 2.45) is 0 Å². The van der Waals surface area contributed by atoms with Crippen molar-refractivity contribution in [2.45, 2.75) is 13.5 Å². The number of aromatic nitrogens is 4. The Kier molecular flexibility index (Phi) is 5.80. The van der Waals surface area contributed by atoms with Crippen LogP contribution in [-0.4, -0.2) is 37.9 Å². The van der Waals surface area contributed by atoms with E-state index in [-0.39, 0.29) is 13.2 Å². The molecule has 0 spiro atoms. The quantitative estimate of drug-likeness (QED) is 0.383. The van der Waals surface area contributed by atoms with Gasteiger partial charge in [-0.3, -0.25) is 9.59 Å². The number of ether oxygens (including phenoxy) is 1. The Morgan fingerprint density at radius 3 is 2.57 bits per heavy atom. The molecule has 1 N–H and O–H groups in total. The molecule has 0 radical (unpaired) electrons. The van der Waals surface area contributed by atoms with Gasteiger partial charge >= 0.3 is 5.97 Å². The number of hydrogen-bond acceptors (Lipinski definition) is 6. The minimum atomic E-state index is -0.432. The maximum atomic E-state index is 13.0. The fourth-order valence-corrected chi connectivity index (χ4v) is 3.87. The third-order valence-electron chi connectivity index (χ3n) is 5.53. The summed E-state index contributed by atoms with van der Waals surface area (Å²) in [6, 6.07) is 21.9. The van der Waals surface area contributed by atoms with E-state index in [1.54, 1.807) is 37.3 Å². The van der Waals surface area contributed by atoms with Crippen LogP contribution in [-0.2, 0) is 16.1 Å². The predicted octanol–water partition coefficient (Wildman–Crippen LogP) is 3.53. The number of rotatable bonds is 6. The van der Waals surface area contributed by atoms with Crippen LogP contribution >= 0.6 is 0 Å². The summed E-state index contributed by atoms with van der Waals surface area (Å²) >= 11 is 0. The van der Waals surface area contributed by atoms with Gasteiger partial charge in [0, 0.05) is 11.3 Å². The number of nitrogens with zero attached hydrogens (tertiary/aromatic N) is 4. The molecule has 1 amide bonds. The van der Waals surface area contributed by atoms with Crippen LogP contribution in [0.15, 0.2) is 83.9 Å². The minimum Gasteiger partial charge on any atom is -0.462 e. The average Bonchev–Trinajstić information content (AvgIpc) is 3.31. The van der Waals surface area contributed by atoms with Crippen LogP contribution in [0.4, 0.5) is 5.69 Å². The molecule has 2 aromatic heterocycles. The van der Waals surface area contributed by atoms with E-state index >= 15 is 0 Å². The van der Waals surface area contributed by atoms with Gasteiger partial charge in [-0.1, -0.05) is 42.5 Å². The third kappa shape index (κ3) is 4.39. The zero-order valence-corrected chi connectivity index (χ0v) is 18.8. The van der Waals surface area contributed by atoms with Gasteiger partial charge in [0.25, 0.3) is 5.56 Å². The molecule has 35 heavy (non-hydrogen) atoms. The molecule has 2 heterocycles. The van der Waals surface area contributed by atoms with Gasteiger partial charge in [0.1, 0.15) is 18.4 Å². The van der Waals surface area contributed by atoms with Crippen molar-refractivity contribution in [3.8, 4) is 11.3 Å². The standard InChI is InChI=1S/C26H21N5O4/c1-2-35-26(34)18-10-12-19(13-11-18)28-24(32)15-30-25(33)23-14-22(29-31(23)16-27-30)21-9-5-7-17-6-3-4-8-20(17)21/h3-14,16H,2,15H2,1H3,(H,28,32). The Balaban J connectivity index is 1.37. The number of hydrogen-bond donors (Lipinski definition) is 1. The smallest absolute Gasteiger partial charge is 0.338 e. The summed E-state index contributed by atoms with van der Waals surface area (Å²) in [6.07, 6.45) is 1.41. The first kappa shape index (κ1) is 22.0. The fraction of sp³-hybridized carbons (Fsp3) is 0.115. The number of nitrogens with one attached hydrogen (secondary N) is 1. The lowest BCUT2D eigenvalue weighted by atomic mass is 10.0. The predicted molar refractivity (Wildman–Crippen MR) is 131 cm³/mol. The Morgan fingerprint density at radius 2 is 1.77 bits per heavy atom. The Labute approximate surface area is 199 Å². The van der Waals surface area contributed by atoms with E-state index in [0.717, 1.165) is 21.0 Å². The second kappa shape index (κ2) is 9.22. The summed E-state index contributed by atoms with van der Waals surface area (Å²) in [5, 5.41) is 13.4. The highest BCUT2D eigenvalue weighted by molar-refractivity contribution is 5.96. The molecule has 0 saturated carbocycles. The normalized spacial score (nSPS) is 11.0. The van der Waals surface area contributed by atoms with Crippen LogP contribution in [0.3, 0.4) is 0 Å². The highest BCUT2D eigenvalue weighted by atomic mass is 16.5. The van der Waals surface area contributed by atoms with Gasteiger partial charge in [0.2, 0.25) is 5.91 Å². The van der Waals surface area contributed by atoms with Crippen LogP contribution in [0.5, 0.6) is 0 Å². The summed E-state index contributed by atoms with van der Waals surface area (Å²) in [4.78, 5) is 37.3. The molecule has 0 unspecified atom stereocenters. The van der Waals surface area contributed by atoms with E-state index in [0.29, 0.717) is 22.5 Å². The second-order valence-electron chi connectivity index (χ2n) is 7.83. The zero-order valence-electron chi connectivity index (χ0n) is 18.8. The number of amides is 1. The summed E-state index contributed by atoms with van der Waals surface area (Å²) < 4.78 is 7.46. The number of anilines is 1. The zero-order chi connectivity index (χ0) is 24.4. The monoisotopic (exact) mass is 467 g/mol. The second-order valence-corrected chi connectivity index (χ2v) is 7.83. The molecule has 3 aromatic carbocycles. The average molecular weight is 467 g/mol. The van der Waals surface area contributed by atoms with Crippen molar-refractivity contribution < 1.29 is 14.3 Å². The highest BCUT2D eigenvalue weighted by Crippen LogP contribution is 2.27. The Bertz CT molecular complexity index is 1610. The maximum absolute atomic E-state index is 13.0. The van der Waals surface area contributed by atoms with Crippen LogP contribution < -0.4 is 10.9 Å². The van der Waals surface area contributed by atoms with E-state index in [1.807, 2.05) is 42.5 Å². The van der Waals surface area contributed by atoms with E-state index < -0.39 is 17.4 Å². The summed E-state index contributed by atoms with van der Waals surface area (Å²) in [6.45, 7) is 1.74. The first-order valence-corrected chi connectivity index (χ1v) is 11.0. The minimum absolute atomic E-state index is 0.274. The van der Waals surface area contributed by atoms with E-state index in [4.69, 9.17) is 4.74 Å². The Morgan fingerprint density at radius 1 is 1.00 bits per heavy atom. The first-order valence-electron chi connectivity index (χ1n) is 11.0. The number of fused-ring (bicyclic) bond motifs is 2. The van der Waals surface area contributed by atoms with E-state index in [1.165, 1.54) is 10.8 Å². The fourth-order valence-electron chi connectivity index (χ4n) is 3.87. The molecular formula is C26H21N5O4. The molecule has 5 aromatic rings. The molecule has 0 atom stereocenters. The first-order chi connectivity index (χ1) is 17.0. The van der Waals surface area contributed by atoms with E-state index in [9.17, 15) is 14.4 Å². The van der Waals surface area contributed by atoms with Crippen molar-refractivity contribution in [3.63, 3.8) is 0 Å². The molecule has 9 nitrogen and oxygen atoms in total. The largest absolute Gasteiger partial charge is 0.462 e. The lowest BCUT2D eigenvalue weighted by Crippen LogP contribution is -2.30. The van der Waals surface area contributed by atoms with Gasteiger partial charge in [-0.2, -0.15) is 10.2 Å². The lowest BCUT2D eigenvalue weighted by molar-refractivity contribution is -0.117. The molecule has 9 heteroatoms. The number of carbonyl (C=O) groups is 2. The summed E-state index contributed by atoms with van der Waals surface area (Å²) in [7, 11) is 0. The highest BCUT2D eigenvalue weighted by Gasteiger charge is 2.14. The van der Waals surface area contributed by atoms with Gasteiger partial charge in [0.15, 0.2) is 0 Å². The van der Waals surface area contributed by atoms with Gasteiger partial charge in [-0.25, -0.2) is 14.0 Å². The number of carbonyl (C=O) groups excluding carboxylic acids is 2. The summed E-state index contributed by atoms with van der Waals surface area (Å²) in [5.74, 6) is -0.861. The van der Waals surface area contributed by atoms with Crippen molar-refractivity contribution in [3.05, 3.63) is 95.0 Å². The van der Waals surface area contributed by atoms with Crippen molar-refractivity contribution in [1.82, 2.24) is 19.4 Å². The molecule has 5 rings (SSSR count). The van der Waals surface area contributed by atoms with Crippen LogP contribution in [0.2, 0.25) is 0 Å². The van der Waals surface area contributed by atoms with Crippen LogP contribution in [0.25, 0.3) is 27.5 Å². The molecule has 0 saturated heterocycles. The van der Waals surface area contributed by atoms with Crippen molar-refractivity contribution in [1.29, 1.82) is 0 Å². The topological polar surface area (TPSA) is 108 Å². The SMILES string of the molecule is CCOC(=O)c1ccc(NC(=O)Cn2ncn3nc(-c4cccc5ccccc45)cc3c2=O)cc1.